The number of fused-ring (bicyclic) bond motifs is 1. The number of piperidine rings is 1. The van der Waals surface area contributed by atoms with Gasteiger partial charge in [0, 0.05) is 29.8 Å². The van der Waals surface area contributed by atoms with Crippen molar-refractivity contribution in [2.75, 3.05) is 5.73 Å². The third kappa shape index (κ3) is 3.36. The standard InChI is InChI=1S/C13H13N3O3.HNO3/c14-9-3-1-2-7-8(9)6-16(13(7)19)10-4-5-11(17)15-12(10)18;2-1(3)4/h1-3,10H,4-6,14H2,(H,15,17,18);(H,2,3,4). The molecule has 23 heavy (non-hydrogen) atoms. The number of carbonyl (C=O) groups excluding carboxylic acids is 3. The van der Waals surface area contributed by atoms with E-state index >= 15 is 0 Å². The van der Waals surface area contributed by atoms with Crippen LogP contribution in [0.2, 0.25) is 0 Å². The maximum atomic E-state index is 12.3. The van der Waals surface area contributed by atoms with Crippen molar-refractivity contribution in [1.29, 1.82) is 0 Å². The monoisotopic (exact) mass is 322 g/mol. The molecule has 1 saturated heterocycles. The van der Waals surface area contributed by atoms with Gasteiger partial charge in [0.1, 0.15) is 6.04 Å². The van der Waals surface area contributed by atoms with Crippen LogP contribution in [-0.2, 0) is 16.1 Å². The van der Waals surface area contributed by atoms with E-state index in [9.17, 15) is 14.4 Å². The van der Waals surface area contributed by atoms with Crippen LogP contribution in [0.3, 0.4) is 0 Å². The Labute approximate surface area is 130 Å². The number of nitrogens with one attached hydrogen (secondary N) is 1. The summed E-state index contributed by atoms with van der Waals surface area (Å²) >= 11 is 0. The molecule has 0 spiro atoms. The number of nitrogens with zero attached hydrogens (tertiary/aromatic N) is 2. The summed E-state index contributed by atoms with van der Waals surface area (Å²) in [5.41, 5.74) is 7.71. The zero-order valence-corrected chi connectivity index (χ0v) is 11.9. The SMILES string of the molecule is Nc1cccc2c1CN(C1CCC(=O)NC1=O)C2=O.O=[N+]([O-])O. The van der Waals surface area contributed by atoms with Gasteiger partial charge in [-0.3, -0.25) is 19.7 Å². The van der Waals surface area contributed by atoms with Crippen LogP contribution in [0.1, 0.15) is 28.8 Å². The van der Waals surface area contributed by atoms with Crippen molar-refractivity contribution in [2.24, 2.45) is 0 Å². The van der Waals surface area contributed by atoms with E-state index in [4.69, 9.17) is 21.1 Å². The van der Waals surface area contributed by atoms with Crippen molar-refractivity contribution < 1.29 is 24.7 Å². The second kappa shape index (κ2) is 6.30. The molecule has 1 fully saturated rings. The van der Waals surface area contributed by atoms with E-state index in [1.807, 2.05) is 0 Å². The summed E-state index contributed by atoms with van der Waals surface area (Å²) < 4.78 is 0. The Morgan fingerprint density at radius 1 is 1.35 bits per heavy atom. The van der Waals surface area contributed by atoms with Crippen LogP contribution < -0.4 is 11.1 Å². The number of nitrogens with two attached hydrogens (primary N) is 1. The Balaban J connectivity index is 0.000000433. The molecule has 122 valence electrons. The summed E-state index contributed by atoms with van der Waals surface area (Å²) in [7, 11) is 0. The fraction of sp³-hybridized carbons (Fsp3) is 0.308. The Kier molecular flexibility index (Phi) is 4.44. The number of anilines is 1. The molecule has 10 heteroatoms. The van der Waals surface area contributed by atoms with Crippen molar-refractivity contribution in [2.45, 2.75) is 25.4 Å². The van der Waals surface area contributed by atoms with Gasteiger partial charge < -0.3 is 15.8 Å². The van der Waals surface area contributed by atoms with Gasteiger partial charge >= 0.3 is 0 Å². The number of amides is 3. The minimum Gasteiger partial charge on any atom is -0.398 e. The molecule has 1 unspecified atom stereocenters. The highest BCUT2D eigenvalue weighted by molar-refractivity contribution is 6.06. The average Bonchev–Trinajstić information content (AvgIpc) is 2.77. The molecule has 1 aromatic carbocycles. The molecule has 0 radical (unpaired) electrons. The molecule has 0 aliphatic carbocycles. The fourth-order valence-electron chi connectivity index (χ4n) is 2.61. The quantitative estimate of drug-likeness (QED) is 0.277. The van der Waals surface area contributed by atoms with Gasteiger partial charge in [-0.2, -0.15) is 0 Å². The fourth-order valence-corrected chi connectivity index (χ4v) is 2.61. The predicted molar refractivity (Wildman–Crippen MR) is 75.7 cm³/mol. The van der Waals surface area contributed by atoms with Crippen molar-refractivity contribution in [3.05, 3.63) is 39.4 Å². The van der Waals surface area contributed by atoms with Gasteiger partial charge in [0.05, 0.1) is 0 Å². The molecule has 3 rings (SSSR count). The number of hydrogen-bond acceptors (Lipinski definition) is 6. The molecular formula is C13H14N4O6. The van der Waals surface area contributed by atoms with Crippen molar-refractivity contribution in [3.8, 4) is 0 Å². The van der Waals surface area contributed by atoms with Crippen LogP contribution in [0.25, 0.3) is 0 Å². The summed E-state index contributed by atoms with van der Waals surface area (Å²) in [4.78, 5) is 45.1. The van der Waals surface area contributed by atoms with Gasteiger partial charge in [-0.25, -0.2) is 0 Å². The van der Waals surface area contributed by atoms with E-state index in [1.54, 1.807) is 18.2 Å². The maximum Gasteiger partial charge on any atom is 0.291 e. The molecule has 1 atom stereocenters. The van der Waals surface area contributed by atoms with E-state index in [1.165, 1.54) is 4.90 Å². The van der Waals surface area contributed by atoms with Crippen LogP contribution >= 0.6 is 0 Å². The highest BCUT2D eigenvalue weighted by atomic mass is 16.9. The smallest absolute Gasteiger partial charge is 0.291 e. The normalized spacial score (nSPS) is 19.6. The molecule has 0 bridgehead atoms. The zero-order chi connectivity index (χ0) is 17.1. The Hall–Kier alpha value is -3.17. The van der Waals surface area contributed by atoms with Gasteiger partial charge in [-0.05, 0) is 18.6 Å². The van der Waals surface area contributed by atoms with E-state index in [0.717, 1.165) is 5.56 Å². The molecule has 10 nitrogen and oxygen atoms in total. The minimum atomic E-state index is -1.50. The van der Waals surface area contributed by atoms with E-state index in [2.05, 4.69) is 5.32 Å². The van der Waals surface area contributed by atoms with Crippen molar-refractivity contribution >= 4 is 23.4 Å². The topological polar surface area (TPSA) is 156 Å². The second-order valence-electron chi connectivity index (χ2n) is 5.01. The summed E-state index contributed by atoms with van der Waals surface area (Å²) in [5.74, 6) is -0.891. The third-order valence-electron chi connectivity index (χ3n) is 3.62. The first-order chi connectivity index (χ1) is 10.8. The lowest BCUT2D eigenvalue weighted by Crippen LogP contribution is -2.52. The number of carbonyl (C=O) groups is 3. The second-order valence-corrected chi connectivity index (χ2v) is 5.01. The first-order valence-electron chi connectivity index (χ1n) is 6.66. The lowest BCUT2D eigenvalue weighted by atomic mass is 10.0. The van der Waals surface area contributed by atoms with Gasteiger partial charge in [0.25, 0.3) is 11.0 Å². The highest BCUT2D eigenvalue weighted by Gasteiger charge is 2.39. The first kappa shape index (κ1) is 16.2. The van der Waals surface area contributed by atoms with Gasteiger partial charge in [0.2, 0.25) is 11.8 Å². The van der Waals surface area contributed by atoms with Crippen LogP contribution in [-0.4, -0.2) is 39.0 Å². The third-order valence-corrected chi connectivity index (χ3v) is 3.62. The number of rotatable bonds is 1. The molecular weight excluding hydrogens is 308 g/mol. The Morgan fingerprint density at radius 3 is 2.57 bits per heavy atom. The van der Waals surface area contributed by atoms with Crippen LogP contribution in [0.4, 0.5) is 5.69 Å². The van der Waals surface area contributed by atoms with Crippen molar-refractivity contribution in [1.82, 2.24) is 10.2 Å². The number of imide groups is 1. The molecule has 4 N–H and O–H groups in total. The average molecular weight is 322 g/mol. The summed E-state index contributed by atoms with van der Waals surface area (Å²) in [5, 5.41) is 15.9. The van der Waals surface area contributed by atoms with E-state index in [-0.39, 0.29) is 18.2 Å². The number of hydrogen-bond donors (Lipinski definition) is 3. The lowest BCUT2D eigenvalue weighted by Gasteiger charge is -2.29. The van der Waals surface area contributed by atoms with Gasteiger partial charge in [0.15, 0.2) is 0 Å². The predicted octanol–water partition coefficient (Wildman–Crippen LogP) is -0.318. The van der Waals surface area contributed by atoms with Crippen LogP contribution in [0.15, 0.2) is 18.2 Å². The highest BCUT2D eigenvalue weighted by Crippen LogP contribution is 2.30. The number of nitrogen functional groups attached to an aromatic ring is 1. The minimum absolute atomic E-state index is 0.197. The van der Waals surface area contributed by atoms with Gasteiger partial charge in [-0.1, -0.05) is 6.07 Å². The van der Waals surface area contributed by atoms with Gasteiger partial charge in [-0.15, -0.1) is 10.1 Å². The first-order valence-corrected chi connectivity index (χ1v) is 6.66. The Bertz CT molecular complexity index is 685. The molecule has 2 aliphatic heterocycles. The molecule has 0 aromatic heterocycles. The maximum absolute atomic E-state index is 12.3. The zero-order valence-electron chi connectivity index (χ0n) is 11.9. The van der Waals surface area contributed by atoms with E-state index in [0.29, 0.717) is 24.2 Å². The molecule has 2 aliphatic rings. The van der Waals surface area contributed by atoms with Crippen LogP contribution in [0.5, 0.6) is 0 Å². The molecule has 0 saturated carbocycles. The molecule has 3 amide bonds. The molecule has 1 aromatic rings. The lowest BCUT2D eigenvalue weighted by molar-refractivity contribution is -0.742. The van der Waals surface area contributed by atoms with Crippen molar-refractivity contribution in [3.63, 3.8) is 0 Å². The summed E-state index contributed by atoms with van der Waals surface area (Å²) in [6.45, 7) is 0.327. The summed E-state index contributed by atoms with van der Waals surface area (Å²) in [6.07, 6.45) is 0.621. The van der Waals surface area contributed by atoms with Crippen LogP contribution in [0, 0.1) is 10.1 Å². The molecule has 2 heterocycles. The summed E-state index contributed by atoms with van der Waals surface area (Å²) in [6, 6.07) is 4.58. The Morgan fingerprint density at radius 2 is 2.00 bits per heavy atom. The van der Waals surface area contributed by atoms with E-state index < -0.39 is 17.0 Å². The largest absolute Gasteiger partial charge is 0.398 e. The number of benzene rings is 1.